The Balaban J connectivity index is 2.74. The van der Waals surface area contributed by atoms with Gasteiger partial charge in [-0.3, -0.25) is 0 Å². The van der Waals surface area contributed by atoms with Crippen LogP contribution in [0.4, 0.5) is 0 Å². The van der Waals surface area contributed by atoms with Gasteiger partial charge in [0.15, 0.2) is 0 Å². The summed E-state index contributed by atoms with van der Waals surface area (Å²) in [6.07, 6.45) is 10.4. The smallest absolute Gasteiger partial charge is 0.0717 e. The Kier molecular flexibility index (Phi) is 5.98. The number of thiocarbonyl (C=S) groups is 1. The molecular weight excluding hydrogens is 238 g/mol. The van der Waals surface area contributed by atoms with Gasteiger partial charge in [-0.25, -0.2) is 4.99 Å². The normalized spacial score (nSPS) is 22.4. The lowest BCUT2D eigenvalue weighted by Crippen LogP contribution is -2.33. The van der Waals surface area contributed by atoms with Crippen LogP contribution in [-0.4, -0.2) is 10.7 Å². The molecule has 0 amide bonds. The molecule has 0 aliphatic heterocycles. The van der Waals surface area contributed by atoms with E-state index in [9.17, 15) is 0 Å². The van der Waals surface area contributed by atoms with Gasteiger partial charge in [0.2, 0.25) is 0 Å². The van der Waals surface area contributed by atoms with E-state index in [2.05, 4.69) is 50.0 Å². The molecule has 100 valence electrons. The summed E-state index contributed by atoms with van der Waals surface area (Å²) in [4.78, 5) is 4.51. The second kappa shape index (κ2) is 7.01. The zero-order valence-electron chi connectivity index (χ0n) is 12.1. The van der Waals surface area contributed by atoms with Crippen molar-refractivity contribution in [3.8, 4) is 0 Å². The molecule has 0 aromatic rings. The van der Waals surface area contributed by atoms with Gasteiger partial charge in [0, 0.05) is 0 Å². The summed E-state index contributed by atoms with van der Waals surface area (Å²) in [7, 11) is 0. The fourth-order valence-corrected chi connectivity index (χ4v) is 2.85. The van der Waals surface area contributed by atoms with Crippen molar-refractivity contribution < 1.29 is 0 Å². The van der Waals surface area contributed by atoms with Crippen LogP contribution in [0, 0.1) is 5.92 Å². The summed E-state index contributed by atoms with van der Waals surface area (Å²) in [5.41, 5.74) is 2.86. The molecule has 0 spiro atoms. The van der Waals surface area contributed by atoms with Crippen LogP contribution in [0.25, 0.3) is 0 Å². The first-order valence-electron chi connectivity index (χ1n) is 6.86. The first-order chi connectivity index (χ1) is 8.48. The van der Waals surface area contributed by atoms with Crippen LogP contribution in [0.3, 0.4) is 0 Å². The molecule has 0 saturated carbocycles. The predicted molar refractivity (Wildman–Crippen MR) is 83.2 cm³/mol. The van der Waals surface area contributed by atoms with Gasteiger partial charge in [-0.1, -0.05) is 23.3 Å². The van der Waals surface area contributed by atoms with E-state index in [1.165, 1.54) is 24.0 Å². The van der Waals surface area contributed by atoms with Crippen LogP contribution in [0.15, 0.2) is 28.3 Å². The third kappa shape index (κ3) is 4.51. The van der Waals surface area contributed by atoms with Crippen LogP contribution in [0.5, 0.6) is 0 Å². The highest BCUT2D eigenvalue weighted by atomic mass is 32.1. The number of isothiocyanates is 1. The molecule has 1 unspecified atom stereocenters. The molecule has 0 bridgehead atoms. The fourth-order valence-electron chi connectivity index (χ4n) is 2.64. The van der Waals surface area contributed by atoms with E-state index >= 15 is 0 Å². The fraction of sp³-hybridized carbons (Fsp3) is 0.688. The minimum Gasteiger partial charge on any atom is -0.226 e. The summed E-state index contributed by atoms with van der Waals surface area (Å²) in [5, 5.41) is 2.62. The van der Waals surface area contributed by atoms with E-state index in [4.69, 9.17) is 12.2 Å². The van der Waals surface area contributed by atoms with Crippen molar-refractivity contribution >= 4 is 17.4 Å². The van der Waals surface area contributed by atoms with E-state index in [1.807, 2.05) is 0 Å². The van der Waals surface area contributed by atoms with Crippen LogP contribution in [-0.2, 0) is 0 Å². The van der Waals surface area contributed by atoms with Crippen LogP contribution >= 0.6 is 12.2 Å². The zero-order valence-corrected chi connectivity index (χ0v) is 12.9. The number of rotatable bonds is 5. The van der Waals surface area contributed by atoms with E-state index in [1.54, 1.807) is 0 Å². The molecule has 1 rings (SSSR count). The van der Waals surface area contributed by atoms with E-state index in [0.717, 1.165) is 19.3 Å². The lowest BCUT2D eigenvalue weighted by molar-refractivity contribution is 0.260. The standard InChI is InChI=1S/C16H25NS/c1-13(2)6-5-11-16(4,17-12-18)15-9-7-14(3)8-10-15/h6-7,15H,5,8-11H2,1-4H3/t15-,16?/m0/s1. The Labute approximate surface area is 117 Å². The molecule has 0 saturated heterocycles. The van der Waals surface area contributed by atoms with Crippen molar-refractivity contribution in [1.82, 2.24) is 0 Å². The number of hydrogen-bond donors (Lipinski definition) is 0. The van der Waals surface area contributed by atoms with Crippen molar-refractivity contribution in [3.05, 3.63) is 23.3 Å². The second-order valence-electron chi connectivity index (χ2n) is 5.90. The van der Waals surface area contributed by atoms with Gasteiger partial charge in [0.05, 0.1) is 10.7 Å². The van der Waals surface area contributed by atoms with Crippen molar-refractivity contribution in [1.29, 1.82) is 0 Å². The number of aliphatic imine (C=N–C) groups is 1. The summed E-state index contributed by atoms with van der Waals surface area (Å²) >= 11 is 4.85. The molecule has 2 heteroatoms. The second-order valence-corrected chi connectivity index (χ2v) is 6.08. The Bertz CT molecular complexity index is 384. The van der Waals surface area contributed by atoms with Gasteiger partial charge in [-0.15, -0.1) is 0 Å². The molecule has 0 aromatic carbocycles. The molecule has 1 aliphatic carbocycles. The van der Waals surface area contributed by atoms with Gasteiger partial charge in [-0.2, -0.15) is 0 Å². The van der Waals surface area contributed by atoms with E-state index in [0.29, 0.717) is 5.92 Å². The topological polar surface area (TPSA) is 12.4 Å². The lowest BCUT2D eigenvalue weighted by Gasteiger charge is -2.35. The molecule has 0 N–H and O–H groups in total. The largest absolute Gasteiger partial charge is 0.226 e. The summed E-state index contributed by atoms with van der Waals surface area (Å²) in [6.45, 7) is 8.75. The van der Waals surface area contributed by atoms with Crippen molar-refractivity contribution in [3.63, 3.8) is 0 Å². The highest BCUT2D eigenvalue weighted by Gasteiger charge is 2.33. The van der Waals surface area contributed by atoms with Crippen LogP contribution in [0.2, 0.25) is 0 Å². The molecule has 0 fully saturated rings. The SMILES string of the molecule is CC(C)=CCCC(C)(N=C=S)[C@H]1CC=C(C)CC1. The molecule has 0 radical (unpaired) electrons. The predicted octanol–water partition coefficient (Wildman–Crippen LogP) is 5.34. The summed E-state index contributed by atoms with van der Waals surface area (Å²) < 4.78 is 0. The lowest BCUT2D eigenvalue weighted by atomic mass is 9.74. The van der Waals surface area contributed by atoms with Crippen LogP contribution < -0.4 is 0 Å². The van der Waals surface area contributed by atoms with E-state index in [-0.39, 0.29) is 5.54 Å². The average molecular weight is 263 g/mol. The number of hydrogen-bond acceptors (Lipinski definition) is 2. The average Bonchev–Trinajstić information content (AvgIpc) is 2.29. The van der Waals surface area contributed by atoms with Crippen molar-refractivity contribution in [2.75, 3.05) is 0 Å². The Hall–Kier alpha value is -0.720. The minimum absolute atomic E-state index is 0.0368. The molecule has 0 heterocycles. The quantitative estimate of drug-likeness (QED) is 0.370. The maximum Gasteiger partial charge on any atom is 0.0717 e. The third-order valence-electron chi connectivity index (χ3n) is 4.02. The van der Waals surface area contributed by atoms with Crippen LogP contribution in [0.1, 0.15) is 59.8 Å². The summed E-state index contributed by atoms with van der Waals surface area (Å²) in [6, 6.07) is 0. The van der Waals surface area contributed by atoms with Gasteiger partial charge in [-0.05, 0) is 77.9 Å². The van der Waals surface area contributed by atoms with Gasteiger partial charge in [0.25, 0.3) is 0 Å². The first kappa shape index (κ1) is 15.3. The molecule has 1 aliphatic rings. The number of nitrogens with zero attached hydrogens (tertiary/aromatic N) is 1. The number of allylic oxidation sites excluding steroid dienone is 4. The maximum atomic E-state index is 4.85. The van der Waals surface area contributed by atoms with Gasteiger partial charge >= 0.3 is 0 Å². The maximum absolute atomic E-state index is 4.85. The molecule has 0 aromatic heterocycles. The monoisotopic (exact) mass is 263 g/mol. The van der Waals surface area contributed by atoms with E-state index < -0.39 is 0 Å². The first-order valence-corrected chi connectivity index (χ1v) is 7.27. The zero-order chi connectivity index (χ0) is 13.6. The molecule has 18 heavy (non-hydrogen) atoms. The molecular formula is C16H25NS. The Morgan fingerprint density at radius 3 is 2.83 bits per heavy atom. The summed E-state index contributed by atoms with van der Waals surface area (Å²) in [5.74, 6) is 0.613. The highest BCUT2D eigenvalue weighted by Crippen LogP contribution is 2.37. The van der Waals surface area contributed by atoms with Crippen molar-refractivity contribution in [2.45, 2.75) is 65.3 Å². The Morgan fingerprint density at radius 1 is 1.61 bits per heavy atom. The van der Waals surface area contributed by atoms with Gasteiger partial charge < -0.3 is 0 Å². The van der Waals surface area contributed by atoms with Crippen molar-refractivity contribution in [2.24, 2.45) is 10.9 Å². The third-order valence-corrected chi connectivity index (χ3v) is 4.11. The molecule has 1 nitrogen and oxygen atoms in total. The molecule has 2 atom stereocenters. The minimum atomic E-state index is -0.0368. The van der Waals surface area contributed by atoms with Gasteiger partial charge in [0.1, 0.15) is 0 Å². The highest BCUT2D eigenvalue weighted by molar-refractivity contribution is 7.78. The Morgan fingerprint density at radius 2 is 2.33 bits per heavy atom.